The summed E-state index contributed by atoms with van der Waals surface area (Å²) in [7, 11) is 1.57. The number of nitro benzene ring substituents is 1. The summed E-state index contributed by atoms with van der Waals surface area (Å²) in [4.78, 5) is 36.3. The zero-order chi connectivity index (χ0) is 27.4. The number of thiazole rings is 1. The minimum atomic E-state index is -0.397. The quantitative estimate of drug-likeness (QED) is 0.253. The van der Waals surface area contributed by atoms with Gasteiger partial charge in [-0.15, -0.1) is 0 Å². The molecule has 3 aromatic rings. The number of aromatic nitrogens is 1. The van der Waals surface area contributed by atoms with Gasteiger partial charge in [-0.25, -0.2) is 4.98 Å². The zero-order valence-corrected chi connectivity index (χ0v) is 23.5. The third-order valence-electron chi connectivity index (χ3n) is 7.22. The van der Waals surface area contributed by atoms with Crippen molar-refractivity contribution in [2.75, 3.05) is 69.4 Å². The predicted molar refractivity (Wildman–Crippen MR) is 154 cm³/mol. The van der Waals surface area contributed by atoms with Crippen LogP contribution in [0.1, 0.15) is 36.0 Å². The van der Waals surface area contributed by atoms with Gasteiger partial charge in [-0.2, -0.15) is 0 Å². The standard InChI is InChI=1S/C27H32ClN5O5S/c1-37-23-9-7-20(28)25-24(23)29-27(39-25)32(13-5-10-30-14-16-38-17-15-30)26(34)19-6-8-21(22(18-19)33(35)36)31-11-3-2-4-12-31/h6-9,18H,2-5,10-17H2,1H3. The van der Waals surface area contributed by atoms with Gasteiger partial charge >= 0.3 is 0 Å². The van der Waals surface area contributed by atoms with Crippen LogP contribution < -0.4 is 14.5 Å². The van der Waals surface area contributed by atoms with E-state index in [0.717, 1.165) is 56.7 Å². The van der Waals surface area contributed by atoms with Crippen LogP contribution in [0.25, 0.3) is 10.2 Å². The van der Waals surface area contributed by atoms with Crippen LogP contribution in [0.2, 0.25) is 5.02 Å². The number of carbonyl (C=O) groups excluding carboxylic acids is 1. The Bertz CT molecular complexity index is 1340. The van der Waals surface area contributed by atoms with Gasteiger partial charge in [0, 0.05) is 50.9 Å². The van der Waals surface area contributed by atoms with Crippen LogP contribution >= 0.6 is 22.9 Å². The van der Waals surface area contributed by atoms with E-state index in [2.05, 4.69) is 4.90 Å². The van der Waals surface area contributed by atoms with Crippen molar-refractivity contribution in [2.24, 2.45) is 0 Å². The molecule has 0 bridgehead atoms. The Kier molecular flexibility index (Phi) is 8.81. The fraction of sp³-hybridized carbons (Fsp3) is 0.481. The van der Waals surface area contributed by atoms with E-state index in [1.807, 2.05) is 4.90 Å². The van der Waals surface area contributed by atoms with Crippen LogP contribution in [0.3, 0.4) is 0 Å². The largest absolute Gasteiger partial charge is 0.494 e. The molecule has 39 heavy (non-hydrogen) atoms. The number of nitrogens with zero attached hydrogens (tertiary/aromatic N) is 5. The normalized spacial score (nSPS) is 16.4. The number of carbonyl (C=O) groups is 1. The maximum atomic E-state index is 14.0. The number of methoxy groups -OCH3 is 1. The number of amides is 1. The minimum Gasteiger partial charge on any atom is -0.494 e. The van der Waals surface area contributed by atoms with Gasteiger partial charge in [0.25, 0.3) is 11.6 Å². The van der Waals surface area contributed by atoms with Gasteiger partial charge in [0.15, 0.2) is 5.13 Å². The van der Waals surface area contributed by atoms with Crippen LogP contribution in [-0.2, 0) is 4.74 Å². The molecule has 0 N–H and O–H groups in total. The number of ether oxygens (including phenoxy) is 2. The fourth-order valence-electron chi connectivity index (χ4n) is 5.14. The lowest BCUT2D eigenvalue weighted by Crippen LogP contribution is -2.39. The summed E-state index contributed by atoms with van der Waals surface area (Å²) in [5.74, 6) is 0.235. The second kappa shape index (κ2) is 12.5. The van der Waals surface area contributed by atoms with Crippen LogP contribution in [0.5, 0.6) is 5.75 Å². The number of fused-ring (bicyclic) bond motifs is 1. The minimum absolute atomic E-state index is 0.0509. The molecule has 1 aromatic heterocycles. The maximum absolute atomic E-state index is 14.0. The summed E-state index contributed by atoms with van der Waals surface area (Å²) in [6.07, 6.45) is 3.83. The molecule has 0 atom stereocenters. The molecule has 0 aliphatic carbocycles. The van der Waals surface area contributed by atoms with Crippen molar-refractivity contribution in [3.63, 3.8) is 0 Å². The summed E-state index contributed by atoms with van der Waals surface area (Å²) in [5, 5.41) is 13.1. The molecular formula is C27H32ClN5O5S. The molecule has 10 nitrogen and oxygen atoms in total. The summed E-state index contributed by atoms with van der Waals surface area (Å²) in [6.45, 7) is 5.86. The van der Waals surface area contributed by atoms with Crippen molar-refractivity contribution >= 4 is 55.6 Å². The number of nitro groups is 1. The van der Waals surface area contributed by atoms with E-state index in [9.17, 15) is 14.9 Å². The Morgan fingerprint density at radius 3 is 2.67 bits per heavy atom. The lowest BCUT2D eigenvalue weighted by molar-refractivity contribution is -0.384. The van der Waals surface area contributed by atoms with Crippen LogP contribution in [-0.4, -0.2) is 80.3 Å². The van der Waals surface area contributed by atoms with Crippen LogP contribution in [0.4, 0.5) is 16.5 Å². The average Bonchev–Trinajstić information content (AvgIpc) is 3.42. The zero-order valence-electron chi connectivity index (χ0n) is 21.9. The molecule has 208 valence electrons. The molecule has 2 aliphatic rings. The molecule has 5 rings (SSSR count). The number of anilines is 2. The van der Waals surface area contributed by atoms with Gasteiger partial charge in [0.1, 0.15) is 17.0 Å². The molecule has 0 unspecified atom stereocenters. The van der Waals surface area contributed by atoms with Crippen molar-refractivity contribution in [1.29, 1.82) is 0 Å². The number of hydrogen-bond donors (Lipinski definition) is 0. The highest BCUT2D eigenvalue weighted by Gasteiger charge is 2.28. The first-order chi connectivity index (χ1) is 19.0. The summed E-state index contributed by atoms with van der Waals surface area (Å²) in [5.41, 5.74) is 1.35. The Balaban J connectivity index is 1.47. The first-order valence-electron chi connectivity index (χ1n) is 13.2. The van der Waals surface area contributed by atoms with Crippen molar-refractivity contribution in [3.8, 4) is 5.75 Å². The first-order valence-corrected chi connectivity index (χ1v) is 14.4. The Labute approximate surface area is 236 Å². The lowest BCUT2D eigenvalue weighted by Gasteiger charge is -2.29. The Morgan fingerprint density at radius 1 is 1.18 bits per heavy atom. The highest BCUT2D eigenvalue weighted by molar-refractivity contribution is 7.23. The molecule has 2 aromatic carbocycles. The molecule has 0 saturated carbocycles. The number of halogens is 1. The molecular weight excluding hydrogens is 542 g/mol. The highest BCUT2D eigenvalue weighted by Crippen LogP contribution is 2.39. The summed E-state index contributed by atoms with van der Waals surface area (Å²) in [6, 6.07) is 8.30. The van der Waals surface area contributed by atoms with Crippen molar-refractivity contribution in [3.05, 3.63) is 51.0 Å². The molecule has 0 radical (unpaired) electrons. The van der Waals surface area contributed by atoms with Crippen LogP contribution in [0, 0.1) is 10.1 Å². The van der Waals surface area contributed by atoms with Crippen molar-refractivity contribution < 1.29 is 19.2 Å². The molecule has 2 saturated heterocycles. The van der Waals surface area contributed by atoms with Crippen molar-refractivity contribution in [1.82, 2.24) is 9.88 Å². The van der Waals surface area contributed by atoms with Gasteiger partial charge in [0.2, 0.25) is 0 Å². The number of hydrogen-bond acceptors (Lipinski definition) is 9. The van der Waals surface area contributed by atoms with E-state index in [-0.39, 0.29) is 17.2 Å². The fourth-order valence-corrected chi connectivity index (χ4v) is 6.42. The highest BCUT2D eigenvalue weighted by atomic mass is 35.5. The van der Waals surface area contributed by atoms with E-state index in [1.165, 1.54) is 17.4 Å². The van der Waals surface area contributed by atoms with Crippen molar-refractivity contribution in [2.45, 2.75) is 25.7 Å². The monoisotopic (exact) mass is 573 g/mol. The van der Waals surface area contributed by atoms with E-state index in [0.29, 0.717) is 53.3 Å². The first kappa shape index (κ1) is 27.6. The Morgan fingerprint density at radius 2 is 1.95 bits per heavy atom. The van der Waals surface area contributed by atoms with Gasteiger partial charge in [-0.1, -0.05) is 22.9 Å². The number of morpholine rings is 1. The van der Waals surface area contributed by atoms with E-state index in [1.54, 1.807) is 36.3 Å². The molecule has 0 spiro atoms. The third kappa shape index (κ3) is 6.11. The SMILES string of the molecule is COc1ccc(Cl)c2sc(N(CCCN3CCOCC3)C(=O)c3ccc(N4CCCCC4)c([N+](=O)[O-])c3)nc12. The molecule has 12 heteroatoms. The predicted octanol–water partition coefficient (Wildman–Crippen LogP) is 5.23. The second-order valence-electron chi connectivity index (χ2n) is 9.70. The van der Waals surface area contributed by atoms with E-state index in [4.69, 9.17) is 26.1 Å². The topological polar surface area (TPSA) is 101 Å². The van der Waals surface area contributed by atoms with Crippen LogP contribution in [0.15, 0.2) is 30.3 Å². The molecule has 2 fully saturated rings. The molecule has 2 aliphatic heterocycles. The molecule has 1 amide bonds. The Hall–Kier alpha value is -2.99. The average molecular weight is 574 g/mol. The lowest BCUT2D eigenvalue weighted by atomic mass is 10.1. The number of piperidine rings is 1. The summed E-state index contributed by atoms with van der Waals surface area (Å²) < 4.78 is 11.6. The van der Waals surface area contributed by atoms with E-state index >= 15 is 0 Å². The summed E-state index contributed by atoms with van der Waals surface area (Å²) >= 11 is 7.78. The van der Waals surface area contributed by atoms with Gasteiger partial charge in [0.05, 0.1) is 35.0 Å². The van der Waals surface area contributed by atoms with Gasteiger partial charge in [-0.3, -0.25) is 24.7 Å². The van der Waals surface area contributed by atoms with Gasteiger partial charge < -0.3 is 14.4 Å². The third-order valence-corrected chi connectivity index (χ3v) is 8.76. The maximum Gasteiger partial charge on any atom is 0.293 e. The smallest absolute Gasteiger partial charge is 0.293 e. The van der Waals surface area contributed by atoms with Gasteiger partial charge in [-0.05, 0) is 49.9 Å². The number of benzene rings is 2. The molecule has 3 heterocycles. The number of rotatable bonds is 9. The van der Waals surface area contributed by atoms with E-state index < -0.39 is 4.92 Å². The second-order valence-corrected chi connectivity index (χ2v) is 11.1.